The molecule has 0 aliphatic carbocycles. The number of ether oxygens (including phenoxy) is 1. The van der Waals surface area contributed by atoms with Crippen molar-refractivity contribution in [3.63, 3.8) is 0 Å². The summed E-state index contributed by atoms with van der Waals surface area (Å²) in [6, 6.07) is 1.22. The number of rotatable bonds is 3. The van der Waals surface area contributed by atoms with Gasteiger partial charge in [0.25, 0.3) is 0 Å². The molecule has 1 aromatic rings. The Kier molecular flexibility index (Phi) is 3.71. The second-order valence-electron chi connectivity index (χ2n) is 3.04. The minimum absolute atomic E-state index is 0.0707. The fourth-order valence-electron chi connectivity index (χ4n) is 0.889. The zero-order valence-electron chi connectivity index (χ0n) is 8.64. The van der Waals surface area contributed by atoms with Crippen molar-refractivity contribution in [2.24, 2.45) is 10.9 Å². The normalized spacial score (nSPS) is 14.5. The number of nitrogens with zero attached hydrogens (tertiary/aromatic N) is 3. The van der Waals surface area contributed by atoms with Gasteiger partial charge in [-0.15, -0.1) is 5.10 Å². The van der Waals surface area contributed by atoms with Gasteiger partial charge in [-0.3, -0.25) is 0 Å². The van der Waals surface area contributed by atoms with Crippen LogP contribution in [0.4, 0.5) is 13.2 Å². The molecule has 6 nitrogen and oxygen atoms in total. The molecule has 0 radical (unpaired) electrons. The van der Waals surface area contributed by atoms with E-state index in [9.17, 15) is 13.2 Å². The summed E-state index contributed by atoms with van der Waals surface area (Å²) < 4.78 is 41.4. The smallest absolute Gasteiger partial charge is 0.425 e. The molecule has 1 rings (SSSR count). The summed E-state index contributed by atoms with van der Waals surface area (Å²) in [5.41, 5.74) is 5.18. The Hall–Kier alpha value is -2.06. The summed E-state index contributed by atoms with van der Waals surface area (Å²) in [5.74, 6) is -0.864. The van der Waals surface area contributed by atoms with Crippen molar-refractivity contribution in [3.8, 4) is 5.88 Å². The van der Waals surface area contributed by atoms with E-state index < -0.39 is 24.0 Å². The Labute approximate surface area is 93.9 Å². The molecule has 0 fully saturated rings. The third kappa shape index (κ3) is 3.20. The number of nitrogens with two attached hydrogens (primary N) is 1. The zero-order chi connectivity index (χ0) is 13.1. The molecule has 0 saturated carbocycles. The van der Waals surface area contributed by atoms with Gasteiger partial charge in [0.15, 0.2) is 11.9 Å². The number of hydrogen-bond donors (Lipinski definition) is 2. The van der Waals surface area contributed by atoms with Crippen molar-refractivity contribution >= 4 is 5.84 Å². The first-order chi connectivity index (χ1) is 7.86. The van der Waals surface area contributed by atoms with Crippen LogP contribution in [0.2, 0.25) is 0 Å². The molecule has 1 aromatic heterocycles. The van der Waals surface area contributed by atoms with E-state index in [1.807, 2.05) is 0 Å². The van der Waals surface area contributed by atoms with Gasteiger partial charge >= 0.3 is 6.18 Å². The van der Waals surface area contributed by atoms with Crippen molar-refractivity contribution in [1.29, 1.82) is 0 Å². The predicted octanol–water partition coefficient (Wildman–Crippen LogP) is 0.901. The predicted molar refractivity (Wildman–Crippen MR) is 50.7 cm³/mol. The highest BCUT2D eigenvalue weighted by Gasteiger charge is 2.38. The van der Waals surface area contributed by atoms with Crippen LogP contribution in [0.1, 0.15) is 12.5 Å². The van der Waals surface area contributed by atoms with Crippen molar-refractivity contribution in [1.82, 2.24) is 10.2 Å². The zero-order valence-corrected chi connectivity index (χ0v) is 8.64. The van der Waals surface area contributed by atoms with Gasteiger partial charge in [-0.1, -0.05) is 5.16 Å². The van der Waals surface area contributed by atoms with Crippen molar-refractivity contribution in [2.75, 3.05) is 0 Å². The van der Waals surface area contributed by atoms with E-state index >= 15 is 0 Å². The second-order valence-corrected chi connectivity index (χ2v) is 3.04. The van der Waals surface area contributed by atoms with Crippen LogP contribution < -0.4 is 10.5 Å². The van der Waals surface area contributed by atoms with Crippen LogP contribution >= 0.6 is 0 Å². The molecule has 9 heteroatoms. The lowest BCUT2D eigenvalue weighted by molar-refractivity contribution is -0.190. The molecule has 0 amide bonds. The number of halogens is 3. The average Bonchev–Trinajstić information content (AvgIpc) is 2.27. The van der Waals surface area contributed by atoms with Crippen LogP contribution in [-0.4, -0.2) is 33.5 Å². The molecule has 1 atom stereocenters. The first kappa shape index (κ1) is 13.0. The van der Waals surface area contributed by atoms with Crippen molar-refractivity contribution in [3.05, 3.63) is 17.8 Å². The lowest BCUT2D eigenvalue weighted by Gasteiger charge is -2.17. The Morgan fingerprint density at radius 2 is 2.24 bits per heavy atom. The van der Waals surface area contributed by atoms with Gasteiger partial charge in [0.2, 0.25) is 5.88 Å². The van der Waals surface area contributed by atoms with Crippen LogP contribution in [0, 0.1) is 0 Å². The van der Waals surface area contributed by atoms with Crippen LogP contribution in [0.25, 0.3) is 0 Å². The van der Waals surface area contributed by atoms with E-state index in [1.54, 1.807) is 0 Å². The standard InChI is InChI=1S/C8H9F3N4O2/c1-4(8(9,10)11)17-7-5(6(12)15-16)2-3-13-14-7/h2-4,16H,1H3,(H2,12,15). The molecular weight excluding hydrogens is 241 g/mol. The van der Waals surface area contributed by atoms with Gasteiger partial charge < -0.3 is 15.7 Å². The molecule has 0 aliphatic rings. The van der Waals surface area contributed by atoms with E-state index in [2.05, 4.69) is 20.1 Å². The maximum atomic E-state index is 12.3. The molecule has 0 aliphatic heterocycles. The number of aromatic nitrogens is 2. The van der Waals surface area contributed by atoms with E-state index in [0.29, 0.717) is 0 Å². The third-order valence-electron chi connectivity index (χ3n) is 1.82. The number of amidine groups is 1. The summed E-state index contributed by atoms with van der Waals surface area (Å²) in [6.45, 7) is 0.810. The highest BCUT2D eigenvalue weighted by atomic mass is 19.4. The largest absolute Gasteiger partial charge is 0.463 e. The number of alkyl halides is 3. The Balaban J connectivity index is 2.99. The molecule has 0 saturated heterocycles. The van der Waals surface area contributed by atoms with E-state index in [1.165, 1.54) is 12.3 Å². The highest BCUT2D eigenvalue weighted by molar-refractivity contribution is 5.98. The van der Waals surface area contributed by atoms with Gasteiger partial charge in [-0.05, 0) is 13.0 Å². The third-order valence-corrected chi connectivity index (χ3v) is 1.82. The van der Waals surface area contributed by atoms with Crippen LogP contribution in [0.3, 0.4) is 0 Å². The highest BCUT2D eigenvalue weighted by Crippen LogP contribution is 2.25. The SMILES string of the molecule is CC(Oc1nnccc1/C(N)=N/O)C(F)(F)F. The fourth-order valence-corrected chi connectivity index (χ4v) is 0.889. The van der Waals surface area contributed by atoms with E-state index in [0.717, 1.165) is 6.92 Å². The van der Waals surface area contributed by atoms with Crippen LogP contribution in [-0.2, 0) is 0 Å². The molecule has 94 valence electrons. The lowest BCUT2D eigenvalue weighted by atomic mass is 10.3. The molecule has 1 unspecified atom stereocenters. The molecule has 17 heavy (non-hydrogen) atoms. The van der Waals surface area contributed by atoms with E-state index in [-0.39, 0.29) is 5.56 Å². The van der Waals surface area contributed by atoms with Gasteiger partial charge in [0.05, 0.1) is 11.8 Å². The fraction of sp³-hybridized carbons (Fsp3) is 0.375. The Morgan fingerprint density at radius 1 is 1.59 bits per heavy atom. The topological polar surface area (TPSA) is 93.6 Å². The minimum Gasteiger partial charge on any atom is -0.463 e. The minimum atomic E-state index is -4.54. The van der Waals surface area contributed by atoms with Gasteiger partial charge in [-0.2, -0.15) is 18.3 Å². The molecule has 0 bridgehead atoms. The molecule has 1 heterocycles. The van der Waals surface area contributed by atoms with Gasteiger partial charge in [0.1, 0.15) is 0 Å². The van der Waals surface area contributed by atoms with Crippen molar-refractivity contribution in [2.45, 2.75) is 19.2 Å². The average molecular weight is 250 g/mol. The summed E-state index contributed by atoms with van der Waals surface area (Å²) in [7, 11) is 0. The number of oxime groups is 1. The summed E-state index contributed by atoms with van der Waals surface area (Å²) in [4.78, 5) is 0. The molecule has 3 N–H and O–H groups in total. The quantitative estimate of drug-likeness (QED) is 0.360. The number of hydrogen-bond acceptors (Lipinski definition) is 5. The van der Waals surface area contributed by atoms with Crippen LogP contribution in [0.5, 0.6) is 5.88 Å². The lowest BCUT2D eigenvalue weighted by Crippen LogP contribution is -2.32. The van der Waals surface area contributed by atoms with Crippen LogP contribution in [0.15, 0.2) is 17.4 Å². The summed E-state index contributed by atoms with van der Waals surface area (Å²) >= 11 is 0. The maximum Gasteiger partial charge on any atom is 0.425 e. The first-order valence-electron chi connectivity index (χ1n) is 4.39. The maximum absolute atomic E-state index is 12.3. The van der Waals surface area contributed by atoms with Gasteiger partial charge in [-0.25, -0.2) is 0 Å². The molecule has 0 aromatic carbocycles. The van der Waals surface area contributed by atoms with Gasteiger partial charge in [0, 0.05) is 0 Å². The second kappa shape index (κ2) is 4.85. The first-order valence-corrected chi connectivity index (χ1v) is 4.39. The Morgan fingerprint density at radius 3 is 2.76 bits per heavy atom. The van der Waals surface area contributed by atoms with E-state index in [4.69, 9.17) is 10.9 Å². The Bertz CT molecular complexity index is 421. The molecule has 0 spiro atoms. The summed E-state index contributed by atoms with van der Waals surface area (Å²) in [6.07, 6.45) is -5.44. The monoisotopic (exact) mass is 250 g/mol. The van der Waals surface area contributed by atoms with Crippen molar-refractivity contribution < 1.29 is 23.1 Å². The molecular formula is C8H9F3N4O2. The summed E-state index contributed by atoms with van der Waals surface area (Å²) in [5, 5.41) is 17.8.